The van der Waals surface area contributed by atoms with Gasteiger partial charge in [0.15, 0.2) is 0 Å². The minimum Gasteiger partial charge on any atom is -0.459 e. The van der Waals surface area contributed by atoms with Crippen molar-refractivity contribution in [3.8, 4) is 0 Å². The largest absolute Gasteiger partial charge is 0.459 e. The average molecular weight is 328 g/mol. The van der Waals surface area contributed by atoms with E-state index in [1.807, 2.05) is 6.08 Å². The van der Waals surface area contributed by atoms with Crippen molar-refractivity contribution < 1.29 is 19.1 Å². The average Bonchev–Trinajstić information content (AvgIpc) is 2.82. The number of rotatable bonds is 2. The van der Waals surface area contributed by atoms with Gasteiger partial charge in [-0.2, -0.15) is 0 Å². The molecule has 0 aromatic rings. The van der Waals surface area contributed by atoms with Gasteiger partial charge in [0.05, 0.1) is 11.8 Å². The molecule has 3 aliphatic carbocycles. The van der Waals surface area contributed by atoms with E-state index >= 15 is 0 Å². The molecular formula is C20H24O4. The maximum Gasteiger partial charge on any atom is 0.312 e. The number of ketones is 1. The SMILES string of the molecule is CC1CC=CC2(C)CC(O[C@@H]3OC(=O)[C@H]4CCC(=O)C[C@@H]34)=CC=C12. The van der Waals surface area contributed by atoms with E-state index < -0.39 is 6.29 Å². The van der Waals surface area contributed by atoms with Crippen LogP contribution in [-0.4, -0.2) is 18.0 Å². The molecular weight excluding hydrogens is 304 g/mol. The van der Waals surface area contributed by atoms with Gasteiger partial charge in [-0.3, -0.25) is 9.59 Å². The smallest absolute Gasteiger partial charge is 0.312 e. The minimum atomic E-state index is -0.610. The molecule has 4 heteroatoms. The molecule has 1 aliphatic heterocycles. The number of hydrogen-bond donors (Lipinski definition) is 0. The van der Waals surface area contributed by atoms with Crippen molar-refractivity contribution in [2.75, 3.05) is 0 Å². The third kappa shape index (κ3) is 2.52. The zero-order valence-corrected chi connectivity index (χ0v) is 14.3. The molecule has 1 saturated heterocycles. The third-order valence-corrected chi connectivity index (χ3v) is 6.02. The Hall–Kier alpha value is -1.84. The fourth-order valence-corrected chi connectivity index (χ4v) is 4.68. The fraction of sp³-hybridized carbons (Fsp3) is 0.600. The second kappa shape index (κ2) is 5.61. The van der Waals surface area contributed by atoms with E-state index in [9.17, 15) is 9.59 Å². The Morgan fingerprint density at radius 3 is 2.96 bits per heavy atom. The highest BCUT2D eigenvalue weighted by atomic mass is 16.7. The zero-order valence-electron chi connectivity index (χ0n) is 14.3. The molecule has 5 atom stereocenters. The Morgan fingerprint density at radius 2 is 2.12 bits per heavy atom. The van der Waals surface area contributed by atoms with Crippen LogP contribution in [0.15, 0.2) is 35.6 Å². The number of allylic oxidation sites excluding steroid dienone is 6. The zero-order chi connectivity index (χ0) is 16.9. The highest BCUT2D eigenvalue weighted by Gasteiger charge is 2.49. The Balaban J connectivity index is 1.53. The number of fused-ring (bicyclic) bond motifs is 2. The van der Waals surface area contributed by atoms with Crippen LogP contribution in [-0.2, 0) is 19.1 Å². The first-order valence-corrected chi connectivity index (χ1v) is 8.94. The van der Waals surface area contributed by atoms with Gasteiger partial charge in [-0.05, 0) is 24.8 Å². The van der Waals surface area contributed by atoms with Crippen LogP contribution in [0.25, 0.3) is 0 Å². The number of cyclic esters (lactones) is 1. The second-order valence-corrected chi connectivity index (χ2v) is 7.86. The first-order valence-electron chi connectivity index (χ1n) is 8.94. The van der Waals surface area contributed by atoms with E-state index in [1.54, 1.807) is 0 Å². The molecule has 1 saturated carbocycles. The van der Waals surface area contributed by atoms with Gasteiger partial charge >= 0.3 is 5.97 Å². The molecule has 0 spiro atoms. The van der Waals surface area contributed by atoms with Crippen LogP contribution in [0.5, 0.6) is 0 Å². The van der Waals surface area contributed by atoms with Crippen molar-refractivity contribution >= 4 is 11.8 Å². The molecule has 0 aromatic carbocycles. The third-order valence-electron chi connectivity index (χ3n) is 6.02. The van der Waals surface area contributed by atoms with Crippen LogP contribution in [0.4, 0.5) is 0 Å². The summed E-state index contributed by atoms with van der Waals surface area (Å²) in [5.41, 5.74) is 1.41. The van der Waals surface area contributed by atoms with Crippen LogP contribution < -0.4 is 0 Å². The highest BCUT2D eigenvalue weighted by molar-refractivity contribution is 5.84. The lowest BCUT2D eigenvalue weighted by atomic mass is 9.67. The topological polar surface area (TPSA) is 52.6 Å². The quantitative estimate of drug-likeness (QED) is 0.573. The molecule has 4 rings (SSSR count). The number of ether oxygens (including phenoxy) is 2. The van der Waals surface area contributed by atoms with Crippen molar-refractivity contribution in [3.63, 3.8) is 0 Å². The molecule has 0 amide bonds. The van der Waals surface area contributed by atoms with Crippen molar-refractivity contribution in [2.24, 2.45) is 23.2 Å². The standard InChI is InChI=1S/C20H24O4/c1-12-4-3-9-20(2)11-14(6-8-17(12)20)23-19-16-10-13(21)5-7-15(16)18(22)24-19/h3,6,8-9,12,15-16,19H,4-5,7,10-11H2,1-2H3/t12?,15-,16+,19+,20?/m0/s1. The van der Waals surface area contributed by atoms with Crippen LogP contribution in [0.1, 0.15) is 46.0 Å². The molecule has 2 fully saturated rings. The summed E-state index contributed by atoms with van der Waals surface area (Å²) < 4.78 is 11.5. The Morgan fingerprint density at radius 1 is 1.29 bits per heavy atom. The summed E-state index contributed by atoms with van der Waals surface area (Å²) in [6, 6.07) is 0. The lowest BCUT2D eigenvalue weighted by Crippen LogP contribution is -2.32. The van der Waals surface area contributed by atoms with E-state index in [4.69, 9.17) is 9.47 Å². The minimum absolute atomic E-state index is 0.0217. The van der Waals surface area contributed by atoms with Crippen LogP contribution >= 0.6 is 0 Å². The van der Waals surface area contributed by atoms with Gasteiger partial charge in [0.1, 0.15) is 11.5 Å². The summed E-state index contributed by atoms with van der Waals surface area (Å²) in [5.74, 6) is 1.09. The predicted octanol–water partition coefficient (Wildman–Crippen LogP) is 3.69. The Kier molecular flexibility index (Phi) is 3.66. The molecule has 128 valence electrons. The number of hydrogen-bond acceptors (Lipinski definition) is 4. The fourth-order valence-electron chi connectivity index (χ4n) is 4.68. The second-order valence-electron chi connectivity index (χ2n) is 7.86. The van der Waals surface area contributed by atoms with Gasteiger partial charge in [-0.15, -0.1) is 0 Å². The molecule has 2 unspecified atom stereocenters. The van der Waals surface area contributed by atoms with Gasteiger partial charge < -0.3 is 9.47 Å². The molecule has 0 N–H and O–H groups in total. The molecule has 0 bridgehead atoms. The van der Waals surface area contributed by atoms with E-state index in [0.29, 0.717) is 25.2 Å². The molecule has 4 aliphatic rings. The van der Waals surface area contributed by atoms with Gasteiger partial charge in [-0.25, -0.2) is 0 Å². The summed E-state index contributed by atoms with van der Waals surface area (Å²) in [6.07, 6.45) is 11.4. The van der Waals surface area contributed by atoms with Crippen LogP contribution in [0.3, 0.4) is 0 Å². The van der Waals surface area contributed by atoms with Crippen molar-refractivity contribution in [2.45, 2.75) is 52.2 Å². The van der Waals surface area contributed by atoms with Gasteiger partial charge in [0.25, 0.3) is 0 Å². The summed E-state index contributed by atoms with van der Waals surface area (Å²) in [7, 11) is 0. The Bertz CT molecular complexity index is 671. The van der Waals surface area contributed by atoms with Crippen molar-refractivity contribution in [3.05, 3.63) is 35.6 Å². The van der Waals surface area contributed by atoms with E-state index in [1.165, 1.54) is 5.57 Å². The van der Waals surface area contributed by atoms with Crippen molar-refractivity contribution in [1.29, 1.82) is 0 Å². The number of esters is 1. The maximum atomic E-state index is 12.0. The lowest BCUT2D eigenvalue weighted by Gasteiger charge is -2.39. The summed E-state index contributed by atoms with van der Waals surface area (Å²) in [5, 5.41) is 0. The van der Waals surface area contributed by atoms with Gasteiger partial charge in [0, 0.05) is 24.7 Å². The van der Waals surface area contributed by atoms with Crippen LogP contribution in [0, 0.1) is 23.2 Å². The number of carbonyl (C=O) groups excluding carboxylic acids is 2. The molecule has 0 aromatic heterocycles. The highest BCUT2D eigenvalue weighted by Crippen LogP contribution is 2.47. The van der Waals surface area contributed by atoms with E-state index in [0.717, 1.165) is 18.6 Å². The lowest BCUT2D eigenvalue weighted by molar-refractivity contribution is -0.161. The maximum absolute atomic E-state index is 12.0. The molecule has 4 nitrogen and oxygen atoms in total. The summed E-state index contributed by atoms with van der Waals surface area (Å²) in [6.45, 7) is 4.49. The Labute approximate surface area is 142 Å². The number of Topliss-reactive ketones (excluding diaryl/α,β-unsaturated/α-hetero) is 1. The normalized spacial score (nSPS) is 41.1. The van der Waals surface area contributed by atoms with Gasteiger partial charge in [0.2, 0.25) is 6.29 Å². The summed E-state index contributed by atoms with van der Waals surface area (Å²) in [4.78, 5) is 23.8. The first kappa shape index (κ1) is 15.7. The monoisotopic (exact) mass is 328 g/mol. The molecule has 24 heavy (non-hydrogen) atoms. The number of carbonyl (C=O) groups is 2. The first-order chi connectivity index (χ1) is 11.5. The van der Waals surface area contributed by atoms with E-state index in [-0.39, 0.29) is 29.0 Å². The van der Waals surface area contributed by atoms with E-state index in [2.05, 4.69) is 32.1 Å². The van der Waals surface area contributed by atoms with Gasteiger partial charge in [-0.1, -0.05) is 37.6 Å². The molecule has 0 radical (unpaired) electrons. The summed E-state index contributed by atoms with van der Waals surface area (Å²) >= 11 is 0. The van der Waals surface area contributed by atoms with Crippen molar-refractivity contribution in [1.82, 2.24) is 0 Å². The van der Waals surface area contributed by atoms with Crippen LogP contribution in [0.2, 0.25) is 0 Å². The predicted molar refractivity (Wildman–Crippen MR) is 88.6 cm³/mol. The molecule has 1 heterocycles.